The zero-order chi connectivity index (χ0) is 22.2. The number of hydrogen-bond acceptors (Lipinski definition) is 4. The standard InChI is InChI=1S/C24H26N2O4S/c1-17(2)18-7-9-21(10-8-18)31(29,30)26-13-11-25(12-14-26)24(28)22-15-19-5-3-4-6-20(19)16-23(22)27/h3-10,15-17,27H,11-14H2,1-2H3. The van der Waals surface area contributed by atoms with Crippen molar-refractivity contribution in [3.63, 3.8) is 0 Å². The first-order valence-corrected chi connectivity index (χ1v) is 11.8. The number of piperazine rings is 1. The van der Waals surface area contributed by atoms with Gasteiger partial charge in [0, 0.05) is 26.2 Å². The number of rotatable bonds is 4. The number of phenolic OH excluding ortho intramolecular Hbond substituents is 1. The molecule has 0 bridgehead atoms. The van der Waals surface area contributed by atoms with Gasteiger partial charge in [-0.1, -0.05) is 50.2 Å². The summed E-state index contributed by atoms with van der Waals surface area (Å²) in [6.45, 7) is 5.10. The second-order valence-corrected chi connectivity index (χ2v) is 10.1. The first-order chi connectivity index (χ1) is 14.8. The van der Waals surface area contributed by atoms with Crippen molar-refractivity contribution in [3.05, 3.63) is 71.8 Å². The van der Waals surface area contributed by atoms with Crippen LogP contribution in [0.2, 0.25) is 0 Å². The second kappa shape index (κ2) is 8.32. The van der Waals surface area contributed by atoms with Gasteiger partial charge in [0.25, 0.3) is 5.91 Å². The summed E-state index contributed by atoms with van der Waals surface area (Å²) in [5.41, 5.74) is 1.32. The van der Waals surface area contributed by atoms with Crippen LogP contribution in [0.25, 0.3) is 10.8 Å². The predicted octanol–water partition coefficient (Wildman–Crippen LogP) is 3.82. The summed E-state index contributed by atoms with van der Waals surface area (Å²) in [6.07, 6.45) is 0. The van der Waals surface area contributed by atoms with E-state index in [9.17, 15) is 18.3 Å². The lowest BCUT2D eigenvalue weighted by Crippen LogP contribution is -2.50. The van der Waals surface area contributed by atoms with E-state index in [2.05, 4.69) is 13.8 Å². The van der Waals surface area contributed by atoms with E-state index in [0.29, 0.717) is 5.92 Å². The molecule has 1 fully saturated rings. The van der Waals surface area contributed by atoms with E-state index >= 15 is 0 Å². The topological polar surface area (TPSA) is 77.9 Å². The fraction of sp³-hybridized carbons (Fsp3) is 0.292. The molecule has 1 saturated heterocycles. The monoisotopic (exact) mass is 438 g/mol. The van der Waals surface area contributed by atoms with Crippen LogP contribution in [0.1, 0.15) is 35.7 Å². The number of sulfonamides is 1. The Balaban J connectivity index is 1.48. The summed E-state index contributed by atoms with van der Waals surface area (Å²) in [4.78, 5) is 14.9. The molecule has 1 heterocycles. The molecule has 4 rings (SSSR count). The van der Waals surface area contributed by atoms with E-state index in [4.69, 9.17) is 0 Å². The molecule has 0 aliphatic carbocycles. The number of carbonyl (C=O) groups excluding carboxylic acids is 1. The Morgan fingerprint density at radius 3 is 2.06 bits per heavy atom. The highest BCUT2D eigenvalue weighted by Gasteiger charge is 2.31. The second-order valence-electron chi connectivity index (χ2n) is 8.14. The van der Waals surface area contributed by atoms with Gasteiger partial charge in [0.15, 0.2) is 0 Å². The number of carbonyl (C=O) groups is 1. The summed E-state index contributed by atoms with van der Waals surface area (Å²) in [5, 5.41) is 12.1. The summed E-state index contributed by atoms with van der Waals surface area (Å²) in [5.74, 6) is -0.0246. The van der Waals surface area contributed by atoms with Crippen LogP contribution in [0, 0.1) is 0 Å². The van der Waals surface area contributed by atoms with Crippen molar-refractivity contribution in [3.8, 4) is 5.75 Å². The fourth-order valence-corrected chi connectivity index (χ4v) is 5.30. The van der Waals surface area contributed by atoms with Crippen molar-refractivity contribution in [1.82, 2.24) is 9.21 Å². The van der Waals surface area contributed by atoms with E-state index in [-0.39, 0.29) is 48.3 Å². The largest absolute Gasteiger partial charge is 0.507 e. The van der Waals surface area contributed by atoms with Crippen molar-refractivity contribution in [2.75, 3.05) is 26.2 Å². The van der Waals surface area contributed by atoms with Crippen LogP contribution >= 0.6 is 0 Å². The molecule has 162 valence electrons. The van der Waals surface area contributed by atoms with E-state index in [0.717, 1.165) is 16.3 Å². The van der Waals surface area contributed by atoms with Crippen molar-refractivity contribution < 1.29 is 18.3 Å². The molecule has 1 aliphatic heterocycles. The highest BCUT2D eigenvalue weighted by molar-refractivity contribution is 7.89. The number of aromatic hydroxyl groups is 1. The molecule has 0 unspecified atom stereocenters. The Labute approximate surface area is 182 Å². The van der Waals surface area contributed by atoms with E-state index in [1.165, 1.54) is 4.31 Å². The lowest BCUT2D eigenvalue weighted by molar-refractivity contribution is 0.0695. The number of benzene rings is 3. The lowest BCUT2D eigenvalue weighted by Gasteiger charge is -2.34. The Morgan fingerprint density at radius 2 is 1.48 bits per heavy atom. The minimum atomic E-state index is -3.61. The minimum Gasteiger partial charge on any atom is -0.507 e. The van der Waals surface area contributed by atoms with Gasteiger partial charge >= 0.3 is 0 Å². The minimum absolute atomic E-state index is 0.0657. The molecule has 1 aliphatic rings. The Morgan fingerprint density at radius 1 is 0.903 bits per heavy atom. The van der Waals surface area contributed by atoms with E-state index < -0.39 is 10.0 Å². The highest BCUT2D eigenvalue weighted by atomic mass is 32.2. The highest BCUT2D eigenvalue weighted by Crippen LogP contribution is 2.27. The number of hydrogen-bond donors (Lipinski definition) is 1. The normalized spacial score (nSPS) is 15.5. The fourth-order valence-electron chi connectivity index (χ4n) is 3.88. The molecule has 0 atom stereocenters. The van der Waals surface area contributed by atoms with Crippen LogP contribution in [-0.4, -0.2) is 54.8 Å². The zero-order valence-electron chi connectivity index (χ0n) is 17.7. The molecule has 0 aromatic heterocycles. The first-order valence-electron chi connectivity index (χ1n) is 10.4. The maximum atomic E-state index is 13.0. The third kappa shape index (κ3) is 4.16. The Hall–Kier alpha value is -2.90. The molecule has 1 amide bonds. The SMILES string of the molecule is CC(C)c1ccc(S(=O)(=O)N2CCN(C(=O)c3cc4ccccc4cc3O)CC2)cc1. The van der Waals surface area contributed by atoms with Crippen LogP contribution in [0.3, 0.4) is 0 Å². The van der Waals surface area contributed by atoms with Gasteiger partial charge in [-0.3, -0.25) is 4.79 Å². The molecule has 0 spiro atoms. The maximum Gasteiger partial charge on any atom is 0.257 e. The van der Waals surface area contributed by atoms with Crippen LogP contribution in [-0.2, 0) is 10.0 Å². The Kier molecular flexibility index (Phi) is 5.73. The van der Waals surface area contributed by atoms with E-state index in [1.807, 2.05) is 36.4 Å². The smallest absolute Gasteiger partial charge is 0.257 e. The van der Waals surface area contributed by atoms with Crippen molar-refractivity contribution >= 4 is 26.7 Å². The number of amides is 1. The lowest BCUT2D eigenvalue weighted by atomic mass is 10.0. The van der Waals surface area contributed by atoms with E-state index in [1.54, 1.807) is 29.2 Å². The molecule has 3 aromatic rings. The van der Waals surface area contributed by atoms with Gasteiger partial charge in [-0.25, -0.2) is 8.42 Å². The third-order valence-corrected chi connectivity index (χ3v) is 7.72. The first kappa shape index (κ1) is 21.3. The summed E-state index contributed by atoms with van der Waals surface area (Å²) >= 11 is 0. The molecular formula is C24H26N2O4S. The molecule has 0 radical (unpaired) electrons. The molecule has 0 saturated carbocycles. The number of fused-ring (bicyclic) bond motifs is 1. The van der Waals surface area contributed by atoms with Crippen LogP contribution in [0.15, 0.2) is 65.6 Å². The number of phenols is 1. The van der Waals surface area contributed by atoms with Crippen molar-refractivity contribution in [2.24, 2.45) is 0 Å². The van der Waals surface area contributed by atoms with Crippen LogP contribution in [0.4, 0.5) is 0 Å². The maximum absolute atomic E-state index is 13.0. The molecule has 1 N–H and O–H groups in total. The molecule has 6 nitrogen and oxygen atoms in total. The number of nitrogens with zero attached hydrogens (tertiary/aromatic N) is 2. The predicted molar refractivity (Wildman–Crippen MR) is 121 cm³/mol. The zero-order valence-corrected chi connectivity index (χ0v) is 18.5. The molecular weight excluding hydrogens is 412 g/mol. The average molecular weight is 439 g/mol. The van der Waals surface area contributed by atoms with Crippen LogP contribution in [0.5, 0.6) is 5.75 Å². The van der Waals surface area contributed by atoms with Crippen molar-refractivity contribution in [2.45, 2.75) is 24.7 Å². The summed E-state index contributed by atoms with van der Waals surface area (Å²) in [6, 6.07) is 17.8. The van der Waals surface area contributed by atoms with Gasteiger partial charge in [-0.05, 0) is 46.5 Å². The van der Waals surface area contributed by atoms with Gasteiger partial charge in [-0.2, -0.15) is 4.31 Å². The summed E-state index contributed by atoms with van der Waals surface area (Å²) < 4.78 is 27.4. The third-order valence-electron chi connectivity index (χ3n) is 5.80. The Bertz CT molecular complexity index is 1210. The summed E-state index contributed by atoms with van der Waals surface area (Å²) in [7, 11) is -3.61. The van der Waals surface area contributed by atoms with Gasteiger partial charge in [0.1, 0.15) is 5.75 Å². The molecule has 3 aromatic carbocycles. The van der Waals surface area contributed by atoms with Gasteiger partial charge in [-0.15, -0.1) is 0 Å². The van der Waals surface area contributed by atoms with Gasteiger partial charge < -0.3 is 10.0 Å². The van der Waals surface area contributed by atoms with Gasteiger partial charge in [0.2, 0.25) is 10.0 Å². The quantitative estimate of drug-likeness (QED) is 0.672. The molecule has 7 heteroatoms. The van der Waals surface area contributed by atoms with Crippen LogP contribution < -0.4 is 0 Å². The van der Waals surface area contributed by atoms with Gasteiger partial charge in [0.05, 0.1) is 10.5 Å². The molecule has 31 heavy (non-hydrogen) atoms. The average Bonchev–Trinajstić information content (AvgIpc) is 2.78. The van der Waals surface area contributed by atoms with Crippen molar-refractivity contribution in [1.29, 1.82) is 0 Å².